The normalized spacial score (nSPS) is 22.7. The highest BCUT2D eigenvalue weighted by Gasteiger charge is 2.62. The van der Waals surface area contributed by atoms with Crippen LogP contribution in [0.25, 0.3) is 0 Å². The summed E-state index contributed by atoms with van der Waals surface area (Å²) in [6.45, 7) is 8.20. The molecule has 1 saturated heterocycles. The third-order valence-electron chi connectivity index (χ3n) is 9.33. The van der Waals surface area contributed by atoms with Gasteiger partial charge in [-0.3, -0.25) is 9.69 Å². The van der Waals surface area contributed by atoms with Crippen molar-refractivity contribution >= 4 is 11.6 Å². The van der Waals surface area contributed by atoms with E-state index in [9.17, 15) is 13.6 Å². The predicted molar refractivity (Wildman–Crippen MR) is 158 cm³/mol. The van der Waals surface area contributed by atoms with Crippen LogP contribution in [-0.4, -0.2) is 74.1 Å². The van der Waals surface area contributed by atoms with E-state index in [4.69, 9.17) is 4.98 Å². The Kier molecular flexibility index (Phi) is 7.83. The number of aryl methyl sites for hydroxylation is 1. The van der Waals surface area contributed by atoms with Crippen LogP contribution in [0.15, 0.2) is 42.7 Å². The molecule has 2 aromatic heterocycles. The van der Waals surface area contributed by atoms with E-state index in [1.807, 2.05) is 6.07 Å². The number of amides is 1. The molecular formula is C32H40F3N7O. The minimum Gasteiger partial charge on any atom is -0.321 e. The lowest BCUT2D eigenvalue weighted by molar-refractivity contribution is -0.151. The number of aromatic nitrogens is 4. The minimum atomic E-state index is -2.98. The second-order valence-electron chi connectivity index (χ2n) is 13.2. The number of rotatable bonds is 9. The monoisotopic (exact) mass is 595 g/mol. The first kappa shape index (κ1) is 29.7. The maximum Gasteiger partial charge on any atom is 0.274 e. The average molecular weight is 596 g/mol. The number of carbonyl (C=O) groups excluding carboxylic acids is 1. The molecule has 3 aliphatic rings. The van der Waals surface area contributed by atoms with Crippen molar-refractivity contribution < 1.29 is 18.0 Å². The number of anilines is 1. The second kappa shape index (κ2) is 11.3. The molecule has 2 saturated carbocycles. The van der Waals surface area contributed by atoms with Crippen LogP contribution in [0.2, 0.25) is 0 Å². The van der Waals surface area contributed by atoms with Crippen LogP contribution in [0.1, 0.15) is 84.8 Å². The number of alkyl halides is 3. The van der Waals surface area contributed by atoms with Gasteiger partial charge in [0.15, 0.2) is 12.0 Å². The van der Waals surface area contributed by atoms with Gasteiger partial charge in [-0.2, -0.15) is 0 Å². The van der Waals surface area contributed by atoms with Gasteiger partial charge in [-0.05, 0) is 61.2 Å². The van der Waals surface area contributed by atoms with Crippen molar-refractivity contribution in [2.45, 2.75) is 75.5 Å². The van der Waals surface area contributed by atoms with E-state index in [-0.39, 0.29) is 11.7 Å². The topological polar surface area (TPSA) is 79.2 Å². The van der Waals surface area contributed by atoms with Crippen LogP contribution in [0.5, 0.6) is 0 Å². The number of hydrogen-bond acceptors (Lipinski definition) is 6. The standard InChI is InChI=1S/C32H40F3N7O/c1-20(2)27-16-40(3)10-11-42(27)15-21-12-25(22-8-9-22)38-26(13-21)30(43)37-24-7-5-6-23(14-24)31(17-32(34,35)18-31)28(33)29-39-36-19-41(29)4/h5-7,12-14,19-20,22,27-28H,8-11,15-18H2,1-4H3,(H,37,43)/t27?,28-/m0/s1. The number of benzene rings is 1. The van der Waals surface area contributed by atoms with Gasteiger partial charge in [0.25, 0.3) is 5.91 Å². The Hall–Kier alpha value is -3.31. The summed E-state index contributed by atoms with van der Waals surface area (Å²) < 4.78 is 45.9. The third kappa shape index (κ3) is 6.06. The van der Waals surface area contributed by atoms with Crippen LogP contribution in [0.3, 0.4) is 0 Å². The number of carbonyl (C=O) groups is 1. The number of likely N-dealkylation sites (N-methyl/N-ethyl adjacent to an activating group) is 1. The third-order valence-corrected chi connectivity index (χ3v) is 9.33. The maximum atomic E-state index is 15.9. The summed E-state index contributed by atoms with van der Waals surface area (Å²) in [5.74, 6) is -2.50. The van der Waals surface area contributed by atoms with Gasteiger partial charge in [0, 0.05) is 74.8 Å². The van der Waals surface area contributed by atoms with Crippen molar-refractivity contribution in [2.75, 3.05) is 32.0 Å². The molecule has 2 atom stereocenters. The van der Waals surface area contributed by atoms with E-state index in [2.05, 4.69) is 52.3 Å². The molecule has 6 rings (SSSR count). The van der Waals surface area contributed by atoms with Gasteiger partial charge in [-0.1, -0.05) is 26.0 Å². The Morgan fingerprint density at radius 1 is 1.12 bits per heavy atom. The molecule has 8 nitrogen and oxygen atoms in total. The Labute approximate surface area is 250 Å². The summed E-state index contributed by atoms with van der Waals surface area (Å²) in [5, 5.41) is 10.5. The molecule has 3 heterocycles. The SMILES string of the molecule is CC(C)C1CN(C)CCN1Cc1cc(C(=O)Nc2cccc(C3([C@@H](F)c4nncn4C)CC(F)(F)C3)c2)nc(C2CC2)c1. The Balaban J connectivity index is 1.25. The van der Waals surface area contributed by atoms with Gasteiger partial charge < -0.3 is 14.8 Å². The molecule has 3 aromatic rings. The molecule has 0 radical (unpaired) electrons. The fraction of sp³-hybridized carbons (Fsp3) is 0.562. The Bertz CT molecular complexity index is 1480. The van der Waals surface area contributed by atoms with Crippen molar-refractivity contribution in [2.24, 2.45) is 13.0 Å². The van der Waals surface area contributed by atoms with Gasteiger partial charge in [0.1, 0.15) is 12.0 Å². The summed E-state index contributed by atoms with van der Waals surface area (Å²) in [7, 11) is 3.75. The Morgan fingerprint density at radius 3 is 2.53 bits per heavy atom. The highest BCUT2D eigenvalue weighted by Crippen LogP contribution is 2.60. The second-order valence-corrected chi connectivity index (χ2v) is 13.2. The Morgan fingerprint density at radius 2 is 1.88 bits per heavy atom. The first-order chi connectivity index (χ1) is 20.4. The fourth-order valence-electron chi connectivity index (χ4n) is 6.73. The summed E-state index contributed by atoms with van der Waals surface area (Å²) in [6.07, 6.45) is 0.394. The van der Waals surface area contributed by atoms with Gasteiger partial charge in [0.05, 0.1) is 0 Å². The van der Waals surface area contributed by atoms with E-state index in [1.165, 1.54) is 10.9 Å². The molecule has 11 heteroatoms. The van der Waals surface area contributed by atoms with Crippen molar-refractivity contribution in [1.82, 2.24) is 29.5 Å². The highest BCUT2D eigenvalue weighted by atomic mass is 19.3. The van der Waals surface area contributed by atoms with Crippen molar-refractivity contribution in [3.8, 4) is 0 Å². The number of pyridine rings is 1. The van der Waals surface area contributed by atoms with Gasteiger partial charge in [-0.25, -0.2) is 18.2 Å². The van der Waals surface area contributed by atoms with Gasteiger partial charge >= 0.3 is 0 Å². The molecule has 1 N–H and O–H groups in total. The lowest BCUT2D eigenvalue weighted by Crippen LogP contribution is -2.53. The zero-order valence-corrected chi connectivity index (χ0v) is 25.2. The van der Waals surface area contributed by atoms with E-state index in [1.54, 1.807) is 31.3 Å². The quantitative estimate of drug-likeness (QED) is 0.353. The molecule has 0 spiro atoms. The first-order valence-electron chi connectivity index (χ1n) is 15.2. The number of nitrogens with zero attached hydrogens (tertiary/aromatic N) is 6. The number of halogens is 3. The summed E-state index contributed by atoms with van der Waals surface area (Å²) in [5.41, 5.74) is 1.64. The number of piperazine rings is 1. The molecule has 1 aliphatic heterocycles. The van der Waals surface area contributed by atoms with Crippen LogP contribution >= 0.6 is 0 Å². The lowest BCUT2D eigenvalue weighted by atomic mass is 9.59. The van der Waals surface area contributed by atoms with E-state index in [0.29, 0.717) is 34.8 Å². The first-order valence-corrected chi connectivity index (χ1v) is 15.2. The molecular weight excluding hydrogens is 555 g/mol. The van der Waals surface area contributed by atoms with Crippen LogP contribution < -0.4 is 5.32 Å². The van der Waals surface area contributed by atoms with Crippen LogP contribution in [0, 0.1) is 5.92 Å². The van der Waals surface area contributed by atoms with Gasteiger partial charge in [-0.15, -0.1) is 10.2 Å². The highest BCUT2D eigenvalue weighted by molar-refractivity contribution is 6.03. The zero-order valence-electron chi connectivity index (χ0n) is 25.2. The largest absolute Gasteiger partial charge is 0.321 e. The molecule has 1 aromatic carbocycles. The lowest BCUT2D eigenvalue weighted by Gasteiger charge is -2.49. The molecule has 3 fully saturated rings. The molecule has 1 amide bonds. The van der Waals surface area contributed by atoms with E-state index < -0.39 is 30.4 Å². The molecule has 230 valence electrons. The molecule has 2 aliphatic carbocycles. The molecule has 0 bridgehead atoms. The summed E-state index contributed by atoms with van der Waals surface area (Å²) in [4.78, 5) is 23.2. The van der Waals surface area contributed by atoms with E-state index >= 15 is 4.39 Å². The van der Waals surface area contributed by atoms with Crippen LogP contribution in [-0.2, 0) is 19.0 Å². The fourth-order valence-corrected chi connectivity index (χ4v) is 6.73. The zero-order chi connectivity index (χ0) is 30.5. The minimum absolute atomic E-state index is 0.00128. The van der Waals surface area contributed by atoms with Crippen molar-refractivity contribution in [1.29, 1.82) is 0 Å². The summed E-state index contributed by atoms with van der Waals surface area (Å²) in [6, 6.07) is 11.0. The molecule has 43 heavy (non-hydrogen) atoms. The van der Waals surface area contributed by atoms with Crippen molar-refractivity contribution in [3.05, 3.63) is 71.1 Å². The smallest absolute Gasteiger partial charge is 0.274 e. The number of hydrogen-bond donors (Lipinski definition) is 1. The maximum absolute atomic E-state index is 15.9. The molecule has 1 unspecified atom stereocenters. The van der Waals surface area contributed by atoms with Crippen LogP contribution in [0.4, 0.5) is 18.9 Å². The van der Waals surface area contributed by atoms with Gasteiger partial charge in [0.2, 0.25) is 5.92 Å². The van der Waals surface area contributed by atoms with E-state index in [0.717, 1.165) is 50.3 Å². The van der Waals surface area contributed by atoms with Crippen molar-refractivity contribution in [3.63, 3.8) is 0 Å². The summed E-state index contributed by atoms with van der Waals surface area (Å²) >= 11 is 0. The predicted octanol–water partition coefficient (Wildman–Crippen LogP) is 5.49. The average Bonchev–Trinajstić information content (AvgIpc) is 3.72. The number of nitrogens with one attached hydrogen (secondary N) is 1.